The molecule has 0 spiro atoms. The molecule has 16 heavy (non-hydrogen) atoms. The fourth-order valence-electron chi connectivity index (χ4n) is 1.13. The van der Waals surface area contributed by atoms with Gasteiger partial charge in [0.05, 0.1) is 5.56 Å². The second kappa shape index (κ2) is 6.23. The normalized spacial score (nSPS) is 11.6. The van der Waals surface area contributed by atoms with Crippen LogP contribution in [0.2, 0.25) is 0 Å². The molecule has 1 heterocycles. The Morgan fingerprint density at radius 1 is 1.69 bits per heavy atom. The Labute approximate surface area is 103 Å². The smallest absolute Gasteiger partial charge is 0.270 e. The Bertz CT molecular complexity index is 397. The van der Waals surface area contributed by atoms with Gasteiger partial charge in [-0.2, -0.15) is 5.26 Å². The second-order valence-corrected chi connectivity index (χ2v) is 4.19. The largest absolute Gasteiger partial charge is 0.348 e. The minimum absolute atomic E-state index is 0.101. The molecule has 84 valence electrons. The van der Waals surface area contributed by atoms with Gasteiger partial charge >= 0.3 is 0 Å². The van der Waals surface area contributed by atoms with Crippen LogP contribution < -0.4 is 5.32 Å². The summed E-state index contributed by atoms with van der Waals surface area (Å²) in [4.78, 5) is 15.6. The molecule has 0 radical (unpaired) electrons. The fraction of sp³-hybridized carbons (Fsp3) is 0.364. The minimum atomic E-state index is -0.210. The van der Waals surface area contributed by atoms with Gasteiger partial charge in [0.2, 0.25) is 0 Å². The number of nitriles is 1. The van der Waals surface area contributed by atoms with Crippen LogP contribution in [-0.2, 0) is 0 Å². The third-order valence-corrected chi connectivity index (χ3v) is 2.50. The first-order valence-electron chi connectivity index (χ1n) is 4.90. The standard InChI is InChI=1S/C11H12BrN3O/c1-8(4-5-12)15-11(16)10-3-2-9(6-13)7-14-10/h2-3,7-8H,4-5H2,1H3,(H,15,16). The zero-order valence-electron chi connectivity index (χ0n) is 8.90. The van der Waals surface area contributed by atoms with Crippen LogP contribution in [0.3, 0.4) is 0 Å². The molecule has 1 aromatic heterocycles. The van der Waals surface area contributed by atoms with Crippen molar-refractivity contribution in [2.24, 2.45) is 0 Å². The van der Waals surface area contributed by atoms with E-state index in [1.165, 1.54) is 6.20 Å². The van der Waals surface area contributed by atoms with E-state index in [0.29, 0.717) is 11.3 Å². The molecule has 1 aromatic rings. The first kappa shape index (κ1) is 12.7. The number of halogens is 1. The average molecular weight is 282 g/mol. The summed E-state index contributed by atoms with van der Waals surface area (Å²) in [5.41, 5.74) is 0.783. The van der Waals surface area contributed by atoms with Crippen molar-refractivity contribution in [2.45, 2.75) is 19.4 Å². The van der Waals surface area contributed by atoms with Crippen LogP contribution >= 0.6 is 15.9 Å². The molecular weight excluding hydrogens is 270 g/mol. The van der Waals surface area contributed by atoms with Crippen LogP contribution in [0.5, 0.6) is 0 Å². The number of carbonyl (C=O) groups excluding carboxylic acids is 1. The number of hydrogen-bond acceptors (Lipinski definition) is 3. The second-order valence-electron chi connectivity index (χ2n) is 3.40. The lowest BCUT2D eigenvalue weighted by Crippen LogP contribution is -2.33. The maximum atomic E-state index is 11.7. The van der Waals surface area contributed by atoms with E-state index < -0.39 is 0 Å². The lowest BCUT2D eigenvalue weighted by molar-refractivity contribution is 0.0934. The molecule has 1 amide bonds. The minimum Gasteiger partial charge on any atom is -0.348 e. The highest BCUT2D eigenvalue weighted by Crippen LogP contribution is 2.01. The molecule has 0 saturated carbocycles. The predicted octanol–water partition coefficient (Wildman–Crippen LogP) is 1.86. The molecule has 1 rings (SSSR count). The Morgan fingerprint density at radius 3 is 2.94 bits per heavy atom. The number of hydrogen-bond donors (Lipinski definition) is 1. The van der Waals surface area contributed by atoms with Crippen molar-refractivity contribution in [1.82, 2.24) is 10.3 Å². The van der Waals surface area contributed by atoms with E-state index in [0.717, 1.165) is 11.8 Å². The highest BCUT2D eigenvalue weighted by molar-refractivity contribution is 9.09. The Balaban J connectivity index is 2.63. The topological polar surface area (TPSA) is 65.8 Å². The van der Waals surface area contributed by atoms with Gasteiger partial charge in [0, 0.05) is 17.6 Å². The van der Waals surface area contributed by atoms with E-state index in [-0.39, 0.29) is 11.9 Å². The van der Waals surface area contributed by atoms with Crippen molar-refractivity contribution < 1.29 is 4.79 Å². The third kappa shape index (κ3) is 3.63. The van der Waals surface area contributed by atoms with Crippen LogP contribution in [0.4, 0.5) is 0 Å². The van der Waals surface area contributed by atoms with Crippen LogP contribution in [0, 0.1) is 11.3 Å². The van der Waals surface area contributed by atoms with Crippen molar-refractivity contribution in [3.05, 3.63) is 29.6 Å². The van der Waals surface area contributed by atoms with Crippen molar-refractivity contribution in [3.8, 4) is 6.07 Å². The predicted molar refractivity (Wildman–Crippen MR) is 64.3 cm³/mol. The van der Waals surface area contributed by atoms with Gasteiger partial charge in [-0.1, -0.05) is 15.9 Å². The van der Waals surface area contributed by atoms with Crippen molar-refractivity contribution >= 4 is 21.8 Å². The summed E-state index contributed by atoms with van der Waals surface area (Å²) >= 11 is 3.31. The molecule has 1 N–H and O–H groups in total. The molecule has 1 unspecified atom stereocenters. The SMILES string of the molecule is CC(CCBr)NC(=O)c1ccc(C#N)cn1. The summed E-state index contributed by atoms with van der Waals surface area (Å²) in [5.74, 6) is -0.210. The van der Waals surface area contributed by atoms with Crippen LogP contribution in [0.25, 0.3) is 0 Å². The van der Waals surface area contributed by atoms with Crippen LogP contribution in [0.1, 0.15) is 29.4 Å². The van der Waals surface area contributed by atoms with Gasteiger partial charge in [-0.05, 0) is 25.5 Å². The van der Waals surface area contributed by atoms with Gasteiger partial charge in [-0.25, -0.2) is 4.98 Å². The van der Waals surface area contributed by atoms with E-state index in [2.05, 4.69) is 26.2 Å². The van der Waals surface area contributed by atoms with Crippen molar-refractivity contribution in [3.63, 3.8) is 0 Å². The highest BCUT2D eigenvalue weighted by atomic mass is 79.9. The summed E-state index contributed by atoms with van der Waals surface area (Å²) in [5, 5.41) is 12.2. The fourth-order valence-corrected chi connectivity index (χ4v) is 1.81. The molecule has 0 fully saturated rings. The number of carbonyl (C=O) groups is 1. The summed E-state index contributed by atoms with van der Waals surface area (Å²) in [7, 11) is 0. The monoisotopic (exact) mass is 281 g/mol. The molecule has 0 aliphatic carbocycles. The van der Waals surface area contributed by atoms with Crippen molar-refractivity contribution in [2.75, 3.05) is 5.33 Å². The van der Waals surface area contributed by atoms with E-state index in [1.54, 1.807) is 12.1 Å². The molecule has 0 saturated heterocycles. The third-order valence-electron chi connectivity index (χ3n) is 2.04. The highest BCUT2D eigenvalue weighted by Gasteiger charge is 2.10. The van der Waals surface area contributed by atoms with Crippen LogP contribution in [0.15, 0.2) is 18.3 Å². The molecule has 0 aliphatic rings. The number of aromatic nitrogens is 1. The lowest BCUT2D eigenvalue weighted by atomic mass is 10.2. The van der Waals surface area contributed by atoms with Gasteiger partial charge < -0.3 is 5.32 Å². The molecular formula is C11H12BrN3O. The number of pyridine rings is 1. The molecule has 5 heteroatoms. The maximum Gasteiger partial charge on any atom is 0.270 e. The number of rotatable bonds is 4. The van der Waals surface area contributed by atoms with E-state index in [9.17, 15) is 4.79 Å². The average Bonchev–Trinajstić information content (AvgIpc) is 2.29. The Kier molecular flexibility index (Phi) is 4.93. The Morgan fingerprint density at radius 2 is 2.44 bits per heavy atom. The van der Waals surface area contributed by atoms with Gasteiger partial charge in [-0.3, -0.25) is 4.79 Å². The molecule has 4 nitrogen and oxygen atoms in total. The number of nitrogens with one attached hydrogen (secondary N) is 1. The first-order valence-corrected chi connectivity index (χ1v) is 6.02. The van der Waals surface area contributed by atoms with Crippen molar-refractivity contribution in [1.29, 1.82) is 5.26 Å². The number of nitrogens with zero attached hydrogens (tertiary/aromatic N) is 2. The summed E-state index contributed by atoms with van der Waals surface area (Å²) in [6.07, 6.45) is 2.26. The number of amides is 1. The first-order chi connectivity index (χ1) is 7.67. The molecule has 0 bridgehead atoms. The van der Waals surface area contributed by atoms with E-state index in [4.69, 9.17) is 5.26 Å². The van der Waals surface area contributed by atoms with E-state index in [1.807, 2.05) is 13.0 Å². The molecule has 0 aromatic carbocycles. The molecule has 1 atom stereocenters. The van der Waals surface area contributed by atoms with Gasteiger partial charge in [0.1, 0.15) is 11.8 Å². The zero-order valence-corrected chi connectivity index (χ0v) is 10.5. The quantitative estimate of drug-likeness (QED) is 0.857. The summed E-state index contributed by atoms with van der Waals surface area (Å²) < 4.78 is 0. The van der Waals surface area contributed by atoms with Gasteiger partial charge in [-0.15, -0.1) is 0 Å². The van der Waals surface area contributed by atoms with E-state index >= 15 is 0 Å². The van der Waals surface area contributed by atoms with Crippen LogP contribution in [-0.4, -0.2) is 22.3 Å². The lowest BCUT2D eigenvalue weighted by Gasteiger charge is -2.11. The maximum absolute atomic E-state index is 11.7. The zero-order chi connectivity index (χ0) is 12.0. The van der Waals surface area contributed by atoms with Gasteiger partial charge in [0.25, 0.3) is 5.91 Å². The molecule has 0 aliphatic heterocycles. The number of alkyl halides is 1. The Hall–Kier alpha value is -1.41. The summed E-state index contributed by atoms with van der Waals surface area (Å²) in [6.45, 7) is 1.93. The summed E-state index contributed by atoms with van der Waals surface area (Å²) in [6, 6.07) is 5.19. The van der Waals surface area contributed by atoms with Gasteiger partial charge in [0.15, 0.2) is 0 Å².